The fourth-order valence-electron chi connectivity index (χ4n) is 3.85. The van der Waals surface area contributed by atoms with Gasteiger partial charge in [0.15, 0.2) is 0 Å². The van der Waals surface area contributed by atoms with Crippen LogP contribution in [0.4, 0.5) is 5.69 Å². The standard InChI is InChI=1S/C21H21ClN6O3/c22-17-5-3-4-15(10-17)20(26-8-1-2-9-26)12-24-21(29)16-6-7-18(19(11-16)28(30)31)27-14-23-13-25-27/h3-7,10-11,13-14,20H,1-2,8-9,12H2,(H,24,29)/t20-/m0/s1. The van der Waals surface area contributed by atoms with Crippen molar-refractivity contribution in [2.45, 2.75) is 18.9 Å². The number of likely N-dealkylation sites (tertiary alicyclic amines) is 1. The summed E-state index contributed by atoms with van der Waals surface area (Å²) in [5.74, 6) is -0.375. The lowest BCUT2D eigenvalue weighted by Crippen LogP contribution is -2.36. The molecule has 0 aliphatic carbocycles. The number of nitro groups is 1. The Balaban J connectivity index is 1.54. The zero-order valence-electron chi connectivity index (χ0n) is 16.6. The van der Waals surface area contributed by atoms with E-state index < -0.39 is 4.92 Å². The number of benzene rings is 2. The van der Waals surface area contributed by atoms with Crippen LogP contribution in [0.3, 0.4) is 0 Å². The summed E-state index contributed by atoms with van der Waals surface area (Å²) >= 11 is 6.18. The van der Waals surface area contributed by atoms with Crippen molar-refractivity contribution in [1.29, 1.82) is 0 Å². The number of carbonyl (C=O) groups is 1. The SMILES string of the molecule is O=C(NC[C@@H](c1cccc(Cl)c1)N1CCCC1)c1ccc(-n2cncn2)c([N+](=O)[O-])c1. The number of nitrogens with zero attached hydrogens (tertiary/aromatic N) is 5. The summed E-state index contributed by atoms with van der Waals surface area (Å²) in [4.78, 5) is 30.0. The van der Waals surface area contributed by atoms with Gasteiger partial charge in [-0.2, -0.15) is 5.10 Å². The highest BCUT2D eigenvalue weighted by atomic mass is 35.5. The summed E-state index contributed by atoms with van der Waals surface area (Å²) in [6.45, 7) is 2.27. The first-order valence-corrected chi connectivity index (χ1v) is 10.3. The maximum atomic E-state index is 12.8. The monoisotopic (exact) mass is 440 g/mol. The van der Waals surface area contributed by atoms with Crippen LogP contribution in [0.25, 0.3) is 5.69 Å². The largest absolute Gasteiger partial charge is 0.350 e. The van der Waals surface area contributed by atoms with E-state index in [-0.39, 0.29) is 28.9 Å². The highest BCUT2D eigenvalue weighted by Gasteiger charge is 2.25. The fourth-order valence-corrected chi connectivity index (χ4v) is 4.05. The molecule has 1 aliphatic rings. The van der Waals surface area contributed by atoms with Crippen molar-refractivity contribution in [2.24, 2.45) is 0 Å². The molecular weight excluding hydrogens is 420 g/mol. The van der Waals surface area contributed by atoms with E-state index in [1.54, 1.807) is 6.07 Å². The molecule has 0 radical (unpaired) electrons. The number of hydrogen-bond donors (Lipinski definition) is 1. The minimum atomic E-state index is -0.535. The summed E-state index contributed by atoms with van der Waals surface area (Å²) < 4.78 is 1.29. The number of aromatic nitrogens is 3. The number of nitrogens with one attached hydrogen (secondary N) is 1. The van der Waals surface area contributed by atoms with Gasteiger partial charge in [0.25, 0.3) is 11.6 Å². The molecule has 31 heavy (non-hydrogen) atoms. The van der Waals surface area contributed by atoms with E-state index in [2.05, 4.69) is 20.3 Å². The van der Waals surface area contributed by atoms with E-state index in [9.17, 15) is 14.9 Å². The number of carbonyl (C=O) groups excluding carboxylic acids is 1. The second-order valence-corrected chi connectivity index (χ2v) is 7.76. The van der Waals surface area contributed by atoms with Crippen LogP contribution >= 0.6 is 11.6 Å². The first-order valence-electron chi connectivity index (χ1n) is 9.94. The Kier molecular flexibility index (Phi) is 6.24. The third-order valence-electron chi connectivity index (χ3n) is 5.37. The van der Waals surface area contributed by atoms with E-state index >= 15 is 0 Å². The molecule has 4 rings (SSSR count). The molecule has 1 N–H and O–H groups in total. The zero-order chi connectivity index (χ0) is 21.8. The maximum absolute atomic E-state index is 12.8. The Morgan fingerprint density at radius 1 is 1.23 bits per heavy atom. The van der Waals surface area contributed by atoms with Gasteiger partial charge in [0.05, 0.1) is 11.0 Å². The van der Waals surface area contributed by atoms with Gasteiger partial charge in [-0.25, -0.2) is 9.67 Å². The third kappa shape index (κ3) is 4.73. The summed E-state index contributed by atoms with van der Waals surface area (Å²) in [5.41, 5.74) is 1.26. The average Bonchev–Trinajstić information content (AvgIpc) is 3.48. The molecule has 2 heterocycles. The Labute approximate surface area is 183 Å². The molecule has 1 atom stereocenters. The molecule has 1 aromatic heterocycles. The van der Waals surface area contributed by atoms with Crippen LogP contribution in [-0.2, 0) is 0 Å². The molecule has 0 bridgehead atoms. The highest BCUT2D eigenvalue weighted by molar-refractivity contribution is 6.30. The topological polar surface area (TPSA) is 106 Å². The third-order valence-corrected chi connectivity index (χ3v) is 5.61. The van der Waals surface area contributed by atoms with Crippen LogP contribution in [0.5, 0.6) is 0 Å². The van der Waals surface area contributed by atoms with Crippen molar-refractivity contribution >= 4 is 23.2 Å². The van der Waals surface area contributed by atoms with E-state index in [0.717, 1.165) is 31.5 Å². The average molecular weight is 441 g/mol. The molecule has 0 saturated carbocycles. The van der Waals surface area contributed by atoms with Gasteiger partial charge in [-0.3, -0.25) is 19.8 Å². The van der Waals surface area contributed by atoms with E-state index in [4.69, 9.17) is 11.6 Å². The highest BCUT2D eigenvalue weighted by Crippen LogP contribution is 2.27. The van der Waals surface area contributed by atoms with Gasteiger partial charge in [-0.15, -0.1) is 0 Å². The fraction of sp³-hybridized carbons (Fsp3) is 0.286. The lowest BCUT2D eigenvalue weighted by Gasteiger charge is -2.28. The molecule has 160 valence electrons. The van der Waals surface area contributed by atoms with Crippen molar-refractivity contribution in [2.75, 3.05) is 19.6 Å². The normalized spacial score (nSPS) is 15.0. The van der Waals surface area contributed by atoms with Crippen LogP contribution in [0, 0.1) is 10.1 Å². The number of amides is 1. The van der Waals surface area contributed by atoms with Crippen molar-refractivity contribution in [3.63, 3.8) is 0 Å². The lowest BCUT2D eigenvalue weighted by atomic mass is 10.1. The van der Waals surface area contributed by atoms with Crippen molar-refractivity contribution in [1.82, 2.24) is 25.0 Å². The van der Waals surface area contributed by atoms with E-state index in [1.807, 2.05) is 24.3 Å². The van der Waals surface area contributed by atoms with Gasteiger partial charge < -0.3 is 5.32 Å². The molecule has 3 aromatic rings. The van der Waals surface area contributed by atoms with Gasteiger partial charge in [-0.05, 0) is 55.8 Å². The molecule has 2 aromatic carbocycles. The molecule has 10 heteroatoms. The van der Waals surface area contributed by atoms with Gasteiger partial charge >= 0.3 is 0 Å². The molecule has 1 saturated heterocycles. The van der Waals surface area contributed by atoms with Gasteiger partial charge in [-0.1, -0.05) is 23.7 Å². The zero-order valence-corrected chi connectivity index (χ0v) is 17.4. The molecule has 1 fully saturated rings. The van der Waals surface area contributed by atoms with E-state index in [0.29, 0.717) is 11.6 Å². The van der Waals surface area contributed by atoms with Gasteiger partial charge in [0, 0.05) is 23.2 Å². The summed E-state index contributed by atoms with van der Waals surface area (Å²) in [6.07, 6.45) is 4.88. The molecule has 0 unspecified atom stereocenters. The minimum Gasteiger partial charge on any atom is -0.350 e. The Morgan fingerprint density at radius 3 is 2.71 bits per heavy atom. The van der Waals surface area contributed by atoms with Crippen LogP contribution < -0.4 is 5.32 Å². The number of hydrogen-bond acceptors (Lipinski definition) is 6. The first kappa shape index (κ1) is 21.0. The molecule has 9 nitrogen and oxygen atoms in total. The predicted molar refractivity (Wildman–Crippen MR) is 115 cm³/mol. The number of nitro benzene ring substituents is 1. The maximum Gasteiger partial charge on any atom is 0.295 e. The van der Waals surface area contributed by atoms with Gasteiger partial charge in [0.1, 0.15) is 18.3 Å². The number of rotatable bonds is 7. The second-order valence-electron chi connectivity index (χ2n) is 7.32. The van der Waals surface area contributed by atoms with Gasteiger partial charge in [0.2, 0.25) is 0 Å². The van der Waals surface area contributed by atoms with Crippen LogP contribution in [0.15, 0.2) is 55.1 Å². The lowest BCUT2D eigenvalue weighted by molar-refractivity contribution is -0.384. The second kappa shape index (κ2) is 9.23. The summed E-state index contributed by atoms with van der Waals surface area (Å²) in [7, 11) is 0. The molecule has 0 spiro atoms. The first-order chi connectivity index (χ1) is 15.0. The van der Waals surface area contributed by atoms with Crippen LogP contribution in [0.2, 0.25) is 5.02 Å². The summed E-state index contributed by atoms with van der Waals surface area (Å²) in [5, 5.41) is 19.1. The summed E-state index contributed by atoms with van der Waals surface area (Å²) in [6, 6.07) is 11.9. The number of halogens is 1. The Morgan fingerprint density at radius 2 is 2.03 bits per heavy atom. The Hall–Kier alpha value is -3.30. The van der Waals surface area contributed by atoms with E-state index in [1.165, 1.54) is 29.5 Å². The smallest absolute Gasteiger partial charge is 0.295 e. The quantitative estimate of drug-likeness (QED) is 0.445. The van der Waals surface area contributed by atoms with Crippen molar-refractivity contribution in [3.05, 3.63) is 81.4 Å². The van der Waals surface area contributed by atoms with Crippen molar-refractivity contribution < 1.29 is 9.72 Å². The van der Waals surface area contributed by atoms with Crippen LogP contribution in [0.1, 0.15) is 34.8 Å². The van der Waals surface area contributed by atoms with Crippen molar-refractivity contribution in [3.8, 4) is 5.69 Å². The molecular formula is C21H21ClN6O3. The van der Waals surface area contributed by atoms with Crippen LogP contribution in [-0.4, -0.2) is 50.1 Å². The minimum absolute atomic E-state index is 0.0189. The molecule has 1 amide bonds. The Bertz CT molecular complexity index is 1080. The predicted octanol–water partition coefficient (Wildman–Crippen LogP) is 3.40. The molecule has 1 aliphatic heterocycles.